The van der Waals surface area contributed by atoms with Crippen LogP contribution < -0.4 is 5.32 Å². The van der Waals surface area contributed by atoms with Crippen molar-refractivity contribution in [2.75, 3.05) is 11.9 Å². The van der Waals surface area contributed by atoms with Crippen LogP contribution in [0.1, 0.15) is 26.1 Å². The van der Waals surface area contributed by atoms with E-state index in [4.69, 9.17) is 0 Å². The first-order valence-electron chi connectivity index (χ1n) is 6.81. The van der Waals surface area contributed by atoms with Gasteiger partial charge in [-0.05, 0) is 25.5 Å². The number of hydrogen-bond acceptors (Lipinski definition) is 3. The van der Waals surface area contributed by atoms with Crippen LogP contribution in [0.2, 0.25) is 0 Å². The Kier molecular flexibility index (Phi) is 4.77. The van der Waals surface area contributed by atoms with Crippen LogP contribution >= 0.6 is 0 Å². The van der Waals surface area contributed by atoms with Gasteiger partial charge in [-0.25, -0.2) is 23.1 Å². The predicted octanol–water partition coefficient (Wildman–Crippen LogP) is 3.95. The highest BCUT2D eigenvalue weighted by molar-refractivity contribution is 5.62. The predicted molar refractivity (Wildman–Crippen MR) is 75.5 cm³/mol. The smallest absolute Gasteiger partial charge is 0.194 e. The summed E-state index contributed by atoms with van der Waals surface area (Å²) in [5.41, 5.74) is 0.549. The first-order chi connectivity index (χ1) is 10.0. The lowest BCUT2D eigenvalue weighted by Crippen LogP contribution is -2.05. The summed E-state index contributed by atoms with van der Waals surface area (Å²) in [6, 6.07) is 3.47. The Morgan fingerprint density at radius 3 is 2.24 bits per heavy atom. The number of nitrogens with one attached hydrogen (secondary N) is 1. The Bertz CT molecular complexity index is 597. The molecule has 0 spiro atoms. The Hall–Kier alpha value is -2.11. The van der Waals surface area contributed by atoms with Crippen molar-refractivity contribution in [1.82, 2.24) is 9.97 Å². The number of anilines is 1. The summed E-state index contributed by atoms with van der Waals surface area (Å²) in [5.74, 6) is -2.78. The van der Waals surface area contributed by atoms with Crippen LogP contribution in [0.15, 0.2) is 18.2 Å². The van der Waals surface area contributed by atoms with Crippen molar-refractivity contribution in [1.29, 1.82) is 0 Å². The zero-order valence-corrected chi connectivity index (χ0v) is 11.9. The Morgan fingerprint density at radius 1 is 1.00 bits per heavy atom. The quantitative estimate of drug-likeness (QED) is 0.849. The molecule has 2 rings (SSSR count). The Labute approximate surface area is 121 Å². The van der Waals surface area contributed by atoms with Crippen LogP contribution in [-0.2, 0) is 6.42 Å². The largest absolute Gasteiger partial charge is 0.370 e. The molecule has 0 unspecified atom stereocenters. The van der Waals surface area contributed by atoms with E-state index in [0.29, 0.717) is 30.3 Å². The van der Waals surface area contributed by atoms with Crippen molar-refractivity contribution in [3.8, 4) is 11.3 Å². The normalized spacial score (nSPS) is 10.7. The molecule has 2 aromatic rings. The molecular formula is C15H16F3N3. The standard InChI is InChI=1S/C15H16F3N3/c1-3-5-13-20-12(8-14(21-13)19-4-2)9-6-10(16)15(18)11(17)7-9/h6-8H,3-5H2,1-2H3,(H,19,20,21). The van der Waals surface area contributed by atoms with E-state index >= 15 is 0 Å². The van der Waals surface area contributed by atoms with Gasteiger partial charge in [0.15, 0.2) is 17.5 Å². The van der Waals surface area contributed by atoms with Gasteiger partial charge in [-0.2, -0.15) is 0 Å². The van der Waals surface area contributed by atoms with Crippen molar-refractivity contribution in [3.63, 3.8) is 0 Å². The van der Waals surface area contributed by atoms with Crippen LogP contribution in [0.25, 0.3) is 11.3 Å². The van der Waals surface area contributed by atoms with Crippen LogP contribution in [0.5, 0.6) is 0 Å². The van der Waals surface area contributed by atoms with Crippen molar-refractivity contribution < 1.29 is 13.2 Å². The lowest BCUT2D eigenvalue weighted by molar-refractivity contribution is 0.447. The number of hydrogen-bond donors (Lipinski definition) is 1. The van der Waals surface area contributed by atoms with Crippen molar-refractivity contribution in [3.05, 3.63) is 41.5 Å². The highest BCUT2D eigenvalue weighted by Crippen LogP contribution is 2.24. The maximum Gasteiger partial charge on any atom is 0.194 e. The fourth-order valence-corrected chi connectivity index (χ4v) is 1.96. The van der Waals surface area contributed by atoms with Crippen molar-refractivity contribution in [2.45, 2.75) is 26.7 Å². The van der Waals surface area contributed by atoms with Gasteiger partial charge in [0, 0.05) is 24.6 Å². The summed E-state index contributed by atoms with van der Waals surface area (Å²) in [6.07, 6.45) is 1.50. The van der Waals surface area contributed by atoms with Gasteiger partial charge in [0.05, 0.1) is 5.69 Å². The molecule has 6 heteroatoms. The highest BCUT2D eigenvalue weighted by Gasteiger charge is 2.14. The Balaban J connectivity index is 2.51. The number of aryl methyl sites for hydroxylation is 1. The molecule has 0 amide bonds. The van der Waals surface area contributed by atoms with E-state index in [1.807, 2.05) is 13.8 Å². The second-order valence-corrected chi connectivity index (χ2v) is 4.59. The zero-order valence-electron chi connectivity index (χ0n) is 11.9. The van der Waals surface area contributed by atoms with Crippen LogP contribution in [0, 0.1) is 17.5 Å². The number of aromatic nitrogens is 2. The topological polar surface area (TPSA) is 37.8 Å². The average molecular weight is 295 g/mol. The van der Waals surface area contributed by atoms with Gasteiger partial charge in [-0.15, -0.1) is 0 Å². The summed E-state index contributed by atoms with van der Waals surface area (Å²) < 4.78 is 39.7. The van der Waals surface area contributed by atoms with E-state index in [-0.39, 0.29) is 5.56 Å². The lowest BCUT2D eigenvalue weighted by atomic mass is 10.1. The van der Waals surface area contributed by atoms with Crippen molar-refractivity contribution >= 4 is 5.82 Å². The molecule has 21 heavy (non-hydrogen) atoms. The minimum absolute atomic E-state index is 0.185. The summed E-state index contributed by atoms with van der Waals surface area (Å²) in [7, 11) is 0. The molecule has 1 aromatic heterocycles. The maximum atomic E-state index is 13.3. The molecule has 0 aliphatic carbocycles. The van der Waals surface area contributed by atoms with Gasteiger partial charge in [0.2, 0.25) is 0 Å². The van der Waals surface area contributed by atoms with Gasteiger partial charge in [0.25, 0.3) is 0 Å². The molecule has 0 atom stereocenters. The zero-order chi connectivity index (χ0) is 15.4. The molecule has 1 heterocycles. The molecule has 0 radical (unpaired) electrons. The lowest BCUT2D eigenvalue weighted by Gasteiger charge is -2.09. The molecule has 0 aliphatic heterocycles. The molecule has 0 saturated carbocycles. The van der Waals surface area contributed by atoms with Crippen molar-refractivity contribution in [2.24, 2.45) is 0 Å². The van der Waals surface area contributed by atoms with E-state index in [1.54, 1.807) is 6.07 Å². The maximum absolute atomic E-state index is 13.3. The van der Waals surface area contributed by atoms with E-state index < -0.39 is 17.5 Å². The highest BCUT2D eigenvalue weighted by atomic mass is 19.2. The van der Waals surface area contributed by atoms with E-state index in [2.05, 4.69) is 15.3 Å². The van der Waals surface area contributed by atoms with Gasteiger partial charge < -0.3 is 5.32 Å². The molecule has 0 bridgehead atoms. The fourth-order valence-electron chi connectivity index (χ4n) is 1.96. The number of rotatable bonds is 5. The van der Waals surface area contributed by atoms with Crippen LogP contribution in [0.3, 0.4) is 0 Å². The first-order valence-corrected chi connectivity index (χ1v) is 6.81. The van der Waals surface area contributed by atoms with Gasteiger partial charge in [0.1, 0.15) is 11.6 Å². The summed E-state index contributed by atoms with van der Waals surface area (Å²) in [5, 5.41) is 3.04. The third-order valence-electron chi connectivity index (χ3n) is 2.88. The van der Waals surface area contributed by atoms with Crippen LogP contribution in [0.4, 0.5) is 19.0 Å². The molecule has 112 valence electrons. The number of halogens is 3. The third-order valence-corrected chi connectivity index (χ3v) is 2.88. The molecule has 0 fully saturated rings. The second kappa shape index (κ2) is 6.56. The molecule has 1 N–H and O–H groups in total. The SMILES string of the molecule is CCCc1nc(NCC)cc(-c2cc(F)c(F)c(F)c2)n1. The molecule has 1 aromatic carbocycles. The number of benzene rings is 1. The third kappa shape index (κ3) is 3.51. The molecular weight excluding hydrogens is 279 g/mol. The van der Waals surface area contributed by atoms with E-state index in [0.717, 1.165) is 18.6 Å². The molecule has 0 aliphatic rings. The summed E-state index contributed by atoms with van der Waals surface area (Å²) in [4.78, 5) is 8.60. The minimum Gasteiger partial charge on any atom is -0.370 e. The summed E-state index contributed by atoms with van der Waals surface area (Å²) in [6.45, 7) is 4.56. The number of nitrogens with zero attached hydrogens (tertiary/aromatic N) is 2. The fraction of sp³-hybridized carbons (Fsp3) is 0.333. The van der Waals surface area contributed by atoms with Gasteiger partial charge in [-0.1, -0.05) is 6.92 Å². The minimum atomic E-state index is -1.48. The van der Waals surface area contributed by atoms with E-state index in [1.165, 1.54) is 0 Å². The van der Waals surface area contributed by atoms with Gasteiger partial charge in [-0.3, -0.25) is 0 Å². The molecule has 3 nitrogen and oxygen atoms in total. The Morgan fingerprint density at radius 2 is 1.67 bits per heavy atom. The average Bonchev–Trinajstić information content (AvgIpc) is 2.44. The summed E-state index contributed by atoms with van der Waals surface area (Å²) >= 11 is 0. The van der Waals surface area contributed by atoms with E-state index in [9.17, 15) is 13.2 Å². The van der Waals surface area contributed by atoms with Gasteiger partial charge >= 0.3 is 0 Å². The first kappa shape index (κ1) is 15.3. The van der Waals surface area contributed by atoms with Crippen LogP contribution in [-0.4, -0.2) is 16.5 Å². The molecule has 0 saturated heterocycles. The second-order valence-electron chi connectivity index (χ2n) is 4.59. The monoisotopic (exact) mass is 295 g/mol.